The second-order valence-corrected chi connectivity index (χ2v) is 1.51. The number of nitrogens with one attached hydrogen (secondary N) is 2. The Balaban J connectivity index is 0. The second kappa shape index (κ2) is 6.94. The number of esters is 1. The lowest BCUT2D eigenvalue weighted by Crippen LogP contribution is -3.00. The number of carbonyl (C=O) groups excluding carboxylic acids is 1. The summed E-state index contributed by atoms with van der Waals surface area (Å²) < 4.78 is 4.30. The zero-order valence-corrected chi connectivity index (χ0v) is 6.81. The van der Waals surface area contributed by atoms with Gasteiger partial charge in [0.2, 0.25) is 0 Å². The first kappa shape index (κ1) is 12.5. The summed E-state index contributed by atoms with van der Waals surface area (Å²) in [5.41, 5.74) is 12.4. The highest BCUT2D eigenvalue weighted by atomic mass is 35.5. The topological polar surface area (TPSA) is 104 Å². The Morgan fingerprint density at radius 1 is 1.64 bits per heavy atom. The Labute approximate surface area is 70.4 Å². The first-order valence-electron chi connectivity index (χ1n) is 2.60. The van der Waals surface area contributed by atoms with E-state index in [2.05, 4.69) is 15.3 Å². The molecule has 6 nitrogen and oxygen atoms in total. The van der Waals surface area contributed by atoms with Crippen molar-refractivity contribution in [2.45, 2.75) is 0 Å². The van der Waals surface area contributed by atoms with Crippen LogP contribution in [0.4, 0.5) is 0 Å². The van der Waals surface area contributed by atoms with E-state index < -0.39 is 5.97 Å². The van der Waals surface area contributed by atoms with Crippen LogP contribution in [0.3, 0.4) is 0 Å². The summed E-state index contributed by atoms with van der Waals surface area (Å²) in [6.07, 6.45) is 0. The van der Waals surface area contributed by atoms with Crippen molar-refractivity contribution in [1.82, 2.24) is 5.43 Å². The molecular formula is C4H11ClN4O2. The average Bonchev–Trinajstić information content (AvgIpc) is 1.87. The number of carbonyl (C=O) groups is 1. The van der Waals surface area contributed by atoms with E-state index in [1.54, 1.807) is 0 Å². The summed E-state index contributed by atoms with van der Waals surface area (Å²) in [4.78, 5) is 10.4. The number of hydrazine groups is 1. The third kappa shape index (κ3) is 8.83. The molecule has 0 aromatic rings. The van der Waals surface area contributed by atoms with Gasteiger partial charge in [-0.15, -0.1) is 0 Å². The molecule has 0 saturated carbocycles. The van der Waals surface area contributed by atoms with E-state index >= 15 is 0 Å². The average molecular weight is 183 g/mol. The molecule has 11 heavy (non-hydrogen) atoms. The maximum Gasteiger partial charge on any atom is 0.360 e. The fourth-order valence-electron chi connectivity index (χ4n) is 0.291. The molecule has 0 amide bonds. The Bertz CT molecular complexity index is 145. The van der Waals surface area contributed by atoms with E-state index in [1.165, 1.54) is 7.11 Å². The van der Waals surface area contributed by atoms with E-state index in [1.807, 2.05) is 0 Å². The number of halogens is 1. The third-order valence-corrected chi connectivity index (χ3v) is 0.693. The van der Waals surface area contributed by atoms with Gasteiger partial charge in [-0.25, -0.2) is 0 Å². The van der Waals surface area contributed by atoms with Crippen LogP contribution in [0.5, 0.6) is 0 Å². The predicted molar refractivity (Wildman–Crippen MR) is 34.4 cm³/mol. The zero-order chi connectivity index (χ0) is 7.98. The van der Waals surface area contributed by atoms with E-state index in [9.17, 15) is 4.79 Å². The van der Waals surface area contributed by atoms with Crippen molar-refractivity contribution in [3.63, 3.8) is 0 Å². The molecule has 0 heterocycles. The summed E-state index contributed by atoms with van der Waals surface area (Å²) in [5.74, 6) is -0.391. The van der Waals surface area contributed by atoms with Gasteiger partial charge in [-0.05, 0) is 0 Å². The van der Waals surface area contributed by atoms with E-state index in [4.69, 9.17) is 11.5 Å². The Kier molecular flexibility index (Phi) is 7.89. The Morgan fingerprint density at radius 2 is 2.18 bits per heavy atom. The fraction of sp³-hybridized carbons (Fsp3) is 0.500. The largest absolute Gasteiger partial charge is 1.00 e. The summed E-state index contributed by atoms with van der Waals surface area (Å²) >= 11 is 0. The first-order chi connectivity index (χ1) is 4.66. The molecule has 0 aromatic carbocycles. The van der Waals surface area contributed by atoms with Crippen molar-refractivity contribution in [3.8, 4) is 0 Å². The van der Waals surface area contributed by atoms with Crippen LogP contribution in [0.1, 0.15) is 0 Å². The smallest absolute Gasteiger partial charge is 0.360 e. The summed E-state index contributed by atoms with van der Waals surface area (Å²) in [7, 11) is 1.29. The van der Waals surface area contributed by atoms with Crippen LogP contribution in [0, 0.1) is 0 Å². The lowest BCUT2D eigenvalue weighted by atomic mass is 10.7. The second-order valence-electron chi connectivity index (χ2n) is 1.51. The number of nitrogens with two attached hydrogens (primary N) is 2. The number of hydrogen-bond acceptors (Lipinski definition) is 3. The minimum atomic E-state index is -0.395. The van der Waals surface area contributed by atoms with Crippen molar-refractivity contribution >= 4 is 11.9 Å². The summed E-state index contributed by atoms with van der Waals surface area (Å²) in [6, 6.07) is 0. The molecule has 0 rings (SSSR count). The molecule has 0 aliphatic heterocycles. The number of hydrazone groups is 1. The van der Waals surface area contributed by atoms with Crippen LogP contribution in [0.15, 0.2) is 0 Å². The van der Waals surface area contributed by atoms with Crippen molar-refractivity contribution < 1.29 is 27.0 Å². The molecule has 0 aliphatic rings. The van der Waals surface area contributed by atoms with Crippen molar-refractivity contribution in [1.29, 1.82) is 0 Å². The standard InChI is InChI=1S/C4H10N4O2.ClH/c1-10-3(9)2-7-8-4(5)6;/h7H,2H2,1H3,(H4,5,6,8);1H. The Hall–Kier alpha value is -1.17. The molecule has 0 spiro atoms. The van der Waals surface area contributed by atoms with Gasteiger partial charge in [0.1, 0.15) is 6.54 Å². The lowest BCUT2D eigenvalue weighted by Gasteiger charge is -1.95. The lowest BCUT2D eigenvalue weighted by molar-refractivity contribution is -0.526. The first-order valence-corrected chi connectivity index (χ1v) is 2.60. The molecule has 6 N–H and O–H groups in total. The quantitative estimate of drug-likeness (QED) is 0.150. The van der Waals surface area contributed by atoms with Crippen LogP contribution in [0.2, 0.25) is 0 Å². The predicted octanol–water partition coefficient (Wildman–Crippen LogP) is -6.98. The Morgan fingerprint density at radius 3 is 2.55 bits per heavy atom. The van der Waals surface area contributed by atoms with Crippen LogP contribution in [-0.2, 0) is 9.53 Å². The van der Waals surface area contributed by atoms with Gasteiger partial charge in [0.25, 0.3) is 0 Å². The molecule has 0 atom stereocenters. The number of hydrogen-bond donors (Lipinski definition) is 4. The van der Waals surface area contributed by atoms with Crippen molar-refractivity contribution in [2.75, 3.05) is 13.7 Å². The summed E-state index contributed by atoms with van der Waals surface area (Å²) in [5, 5.41) is 2.33. The molecule has 0 bridgehead atoms. The number of guanidine groups is 1. The molecule has 0 aromatic heterocycles. The van der Waals surface area contributed by atoms with E-state index in [-0.39, 0.29) is 24.9 Å². The van der Waals surface area contributed by atoms with Crippen molar-refractivity contribution in [2.24, 2.45) is 11.5 Å². The summed E-state index contributed by atoms with van der Waals surface area (Å²) in [6.45, 7) is 0.0222. The molecule has 0 unspecified atom stereocenters. The van der Waals surface area contributed by atoms with Gasteiger partial charge in [0, 0.05) is 0 Å². The number of rotatable bonds is 3. The zero-order valence-electron chi connectivity index (χ0n) is 6.06. The fourth-order valence-corrected chi connectivity index (χ4v) is 0.291. The molecule has 0 fully saturated rings. The van der Waals surface area contributed by atoms with Crippen LogP contribution in [0.25, 0.3) is 0 Å². The van der Waals surface area contributed by atoms with E-state index in [0.29, 0.717) is 0 Å². The van der Waals surface area contributed by atoms with Crippen molar-refractivity contribution in [3.05, 3.63) is 0 Å². The highest BCUT2D eigenvalue weighted by molar-refractivity contribution is 5.71. The molecule has 0 saturated heterocycles. The minimum absolute atomic E-state index is 0. The molecule has 7 heteroatoms. The van der Waals surface area contributed by atoms with Crippen LogP contribution < -0.4 is 34.4 Å². The number of methoxy groups -OCH3 is 1. The third-order valence-electron chi connectivity index (χ3n) is 0.693. The van der Waals surface area contributed by atoms with Crippen LogP contribution >= 0.6 is 0 Å². The van der Waals surface area contributed by atoms with Gasteiger partial charge < -0.3 is 17.1 Å². The van der Waals surface area contributed by atoms with Gasteiger partial charge in [-0.2, -0.15) is 5.10 Å². The molecule has 66 valence electrons. The van der Waals surface area contributed by atoms with Gasteiger partial charge in [-0.1, -0.05) is 0 Å². The molecule has 0 radical (unpaired) electrons. The highest BCUT2D eigenvalue weighted by Crippen LogP contribution is 1.63. The maximum absolute atomic E-state index is 10.4. The maximum atomic E-state index is 10.4. The molecular weight excluding hydrogens is 172 g/mol. The minimum Gasteiger partial charge on any atom is -1.00 e. The monoisotopic (exact) mass is 182 g/mol. The van der Waals surface area contributed by atoms with Gasteiger partial charge in [0.05, 0.1) is 7.11 Å². The van der Waals surface area contributed by atoms with Gasteiger partial charge >= 0.3 is 11.9 Å². The van der Waals surface area contributed by atoms with Gasteiger partial charge in [0.15, 0.2) is 0 Å². The normalized spacial score (nSPS) is 7.36. The van der Waals surface area contributed by atoms with E-state index in [0.717, 1.165) is 0 Å². The number of ether oxygens (including phenoxy) is 1. The molecule has 0 aliphatic carbocycles. The van der Waals surface area contributed by atoms with Gasteiger partial charge in [-0.3, -0.25) is 21.7 Å². The van der Waals surface area contributed by atoms with Crippen LogP contribution in [-0.4, -0.2) is 25.6 Å². The highest BCUT2D eigenvalue weighted by Gasteiger charge is 1.96. The SMILES string of the molecule is COC(=O)CN[NH+]=C(N)N.[Cl-].